The molecule has 9 nitrogen and oxygen atoms in total. The Kier molecular flexibility index (Phi) is 8.89. The van der Waals surface area contributed by atoms with Crippen molar-refractivity contribution in [1.29, 1.82) is 0 Å². The predicted molar refractivity (Wildman–Crippen MR) is 169 cm³/mol. The van der Waals surface area contributed by atoms with Crippen molar-refractivity contribution >= 4 is 45.1 Å². The summed E-state index contributed by atoms with van der Waals surface area (Å²) >= 11 is 3.42. The summed E-state index contributed by atoms with van der Waals surface area (Å²) in [5.74, 6) is -1.73. The number of benzene rings is 2. The highest BCUT2D eigenvalue weighted by molar-refractivity contribution is 9.10. The van der Waals surface area contributed by atoms with Crippen LogP contribution in [0.5, 0.6) is 0 Å². The van der Waals surface area contributed by atoms with Gasteiger partial charge in [0.25, 0.3) is 11.8 Å². The van der Waals surface area contributed by atoms with Crippen molar-refractivity contribution in [3.63, 3.8) is 0 Å². The van der Waals surface area contributed by atoms with Crippen LogP contribution in [-0.4, -0.2) is 65.6 Å². The van der Waals surface area contributed by atoms with E-state index in [-0.39, 0.29) is 29.2 Å². The minimum atomic E-state index is -1.02. The van der Waals surface area contributed by atoms with E-state index in [1.54, 1.807) is 42.5 Å². The lowest BCUT2D eigenvalue weighted by Gasteiger charge is -2.40. The van der Waals surface area contributed by atoms with E-state index < -0.39 is 17.4 Å². The Morgan fingerprint density at radius 2 is 1.79 bits per heavy atom. The summed E-state index contributed by atoms with van der Waals surface area (Å²) in [5.41, 5.74) is 3.96. The quantitative estimate of drug-likeness (QED) is 0.346. The molecule has 1 unspecified atom stereocenters. The second kappa shape index (κ2) is 12.5. The van der Waals surface area contributed by atoms with E-state index in [4.69, 9.17) is 4.74 Å². The summed E-state index contributed by atoms with van der Waals surface area (Å²) in [4.78, 5) is 48.2. The van der Waals surface area contributed by atoms with Crippen molar-refractivity contribution in [2.75, 3.05) is 37.0 Å². The lowest BCUT2D eigenvalue weighted by atomic mass is 9.83. The molecule has 2 N–H and O–H groups in total. The smallest absolute Gasteiger partial charge is 0.335 e. The van der Waals surface area contributed by atoms with Gasteiger partial charge in [-0.2, -0.15) is 0 Å². The number of halogens is 1. The Morgan fingerprint density at radius 3 is 2.44 bits per heavy atom. The Hall–Kier alpha value is -3.76. The van der Waals surface area contributed by atoms with Gasteiger partial charge in [-0.15, -0.1) is 0 Å². The van der Waals surface area contributed by atoms with Gasteiger partial charge in [0.15, 0.2) is 0 Å². The average Bonchev–Trinajstić information content (AvgIpc) is 2.99. The number of carboxylic acid groups (broad SMARTS) is 1. The molecule has 0 saturated carbocycles. The van der Waals surface area contributed by atoms with E-state index in [2.05, 4.69) is 37.2 Å². The number of hydrogen-bond donors (Lipinski definition) is 2. The number of aromatic carboxylic acids is 1. The molecule has 0 aliphatic carbocycles. The third-order valence-corrected chi connectivity index (χ3v) is 8.78. The predicted octanol–water partition coefficient (Wildman–Crippen LogP) is 5.83. The number of fused-ring (bicyclic) bond motifs is 1. The van der Waals surface area contributed by atoms with E-state index in [1.165, 1.54) is 6.07 Å². The largest absolute Gasteiger partial charge is 0.478 e. The van der Waals surface area contributed by atoms with Crippen LogP contribution in [-0.2, 0) is 21.4 Å². The number of ether oxygens (including phenoxy) is 1. The lowest BCUT2D eigenvalue weighted by Crippen LogP contribution is -2.46. The van der Waals surface area contributed by atoms with Crippen LogP contribution in [0.15, 0.2) is 59.2 Å². The molecule has 1 fully saturated rings. The topological polar surface area (TPSA) is 112 Å². The van der Waals surface area contributed by atoms with Gasteiger partial charge in [0.05, 0.1) is 11.7 Å². The van der Waals surface area contributed by atoms with Gasteiger partial charge >= 0.3 is 5.97 Å². The number of carbonyl (C=O) groups excluding carboxylic acids is 2. The van der Waals surface area contributed by atoms with Crippen LogP contribution in [0.4, 0.5) is 11.4 Å². The number of methoxy groups -OCH3 is 1. The van der Waals surface area contributed by atoms with Crippen molar-refractivity contribution in [2.24, 2.45) is 0 Å². The van der Waals surface area contributed by atoms with E-state index >= 15 is 0 Å². The maximum absolute atomic E-state index is 14.2. The first-order valence-electron chi connectivity index (χ1n) is 14.5. The zero-order valence-corrected chi connectivity index (χ0v) is 26.5. The van der Waals surface area contributed by atoms with Gasteiger partial charge in [-0.05, 0) is 77.8 Å². The number of carboxylic acids is 1. The van der Waals surface area contributed by atoms with Crippen molar-refractivity contribution in [3.05, 3.63) is 87.1 Å². The fourth-order valence-corrected chi connectivity index (χ4v) is 6.42. The van der Waals surface area contributed by atoms with Crippen LogP contribution in [0, 0.1) is 0 Å². The summed E-state index contributed by atoms with van der Waals surface area (Å²) in [6, 6.07) is 13.3. The second-order valence-electron chi connectivity index (χ2n) is 12.1. The average molecular weight is 650 g/mol. The fraction of sp³-hybridized carbons (Fsp3) is 0.394. The molecule has 1 saturated heterocycles. The number of amides is 2. The Balaban J connectivity index is 1.54. The molecule has 1 aromatic heterocycles. The van der Waals surface area contributed by atoms with Gasteiger partial charge in [0.2, 0.25) is 0 Å². The Bertz CT molecular complexity index is 1540. The van der Waals surface area contributed by atoms with Gasteiger partial charge in [0.1, 0.15) is 11.7 Å². The number of carbonyl (C=O) groups is 3. The van der Waals surface area contributed by atoms with Gasteiger partial charge in [-0.3, -0.25) is 14.6 Å². The summed E-state index contributed by atoms with van der Waals surface area (Å²) < 4.78 is 6.29. The number of pyridine rings is 1. The minimum Gasteiger partial charge on any atom is -0.478 e. The Labute approximate surface area is 260 Å². The summed E-state index contributed by atoms with van der Waals surface area (Å²) in [6.45, 7) is 7.83. The molecule has 3 aromatic rings. The van der Waals surface area contributed by atoms with Crippen LogP contribution < -0.4 is 10.2 Å². The van der Waals surface area contributed by atoms with Gasteiger partial charge in [-0.1, -0.05) is 48.8 Å². The maximum Gasteiger partial charge on any atom is 0.335 e. The molecule has 1 atom stereocenters. The van der Waals surface area contributed by atoms with Crippen molar-refractivity contribution in [1.82, 2.24) is 9.88 Å². The molecule has 0 bridgehead atoms. The number of hydrogen-bond acceptors (Lipinski definition) is 6. The molecule has 0 radical (unpaired) electrons. The van der Waals surface area contributed by atoms with E-state index in [9.17, 15) is 19.5 Å². The van der Waals surface area contributed by atoms with Gasteiger partial charge in [0, 0.05) is 48.8 Å². The molecular weight excluding hydrogens is 612 g/mol. The first kappa shape index (κ1) is 30.7. The highest BCUT2D eigenvalue weighted by Gasteiger charge is 2.39. The normalized spacial score (nSPS) is 17.4. The second-order valence-corrected chi connectivity index (χ2v) is 13.0. The molecule has 43 heavy (non-hydrogen) atoms. The summed E-state index contributed by atoms with van der Waals surface area (Å²) in [6.07, 6.45) is 4.24. The molecule has 3 heterocycles. The van der Waals surface area contributed by atoms with Gasteiger partial charge in [-0.25, -0.2) is 4.79 Å². The number of rotatable bonds is 6. The third-order valence-electron chi connectivity index (χ3n) is 8.29. The van der Waals surface area contributed by atoms with Gasteiger partial charge < -0.3 is 25.0 Å². The molecule has 5 rings (SSSR count). The van der Waals surface area contributed by atoms with E-state index in [0.29, 0.717) is 24.2 Å². The van der Waals surface area contributed by atoms with Crippen molar-refractivity contribution in [3.8, 4) is 0 Å². The van der Waals surface area contributed by atoms with Crippen LogP contribution >= 0.6 is 15.9 Å². The number of nitrogens with zero attached hydrogens (tertiary/aromatic N) is 3. The molecule has 0 spiro atoms. The standard InChI is InChI=1S/C33H37BrN4O5/c1-33(2,3)26-19-21(8-9-25(26)32(41)42)36-30(39)29-24-6-5-7-28(37-15-11-22(43-4)12-16-37)23(24)13-17-38(29)31(40)27-18-20(34)10-14-35-27/h5-10,14,18-19,22,29H,11-13,15-17H2,1-4H3,(H,36,39)(H,41,42). The van der Waals surface area contributed by atoms with E-state index in [1.807, 2.05) is 32.9 Å². The van der Waals surface area contributed by atoms with Crippen LogP contribution in [0.1, 0.15) is 77.2 Å². The fourth-order valence-electron chi connectivity index (χ4n) is 6.09. The van der Waals surface area contributed by atoms with E-state index in [0.717, 1.165) is 47.2 Å². The summed E-state index contributed by atoms with van der Waals surface area (Å²) in [7, 11) is 1.75. The number of anilines is 2. The molecule has 226 valence electrons. The number of nitrogens with one attached hydrogen (secondary N) is 1. The molecule has 2 amide bonds. The zero-order valence-electron chi connectivity index (χ0n) is 24.9. The first-order chi connectivity index (χ1) is 20.5. The zero-order chi connectivity index (χ0) is 30.9. The molecular formula is C33H37BrN4O5. The number of aromatic nitrogens is 1. The molecule has 10 heteroatoms. The number of piperidine rings is 1. The third kappa shape index (κ3) is 6.45. The maximum atomic E-state index is 14.2. The van der Waals surface area contributed by atoms with Crippen molar-refractivity contribution < 1.29 is 24.2 Å². The monoisotopic (exact) mass is 648 g/mol. The molecule has 2 aliphatic rings. The highest BCUT2D eigenvalue weighted by Crippen LogP contribution is 2.38. The lowest BCUT2D eigenvalue weighted by molar-refractivity contribution is -0.121. The first-order valence-corrected chi connectivity index (χ1v) is 15.3. The molecule has 2 aromatic carbocycles. The highest BCUT2D eigenvalue weighted by atomic mass is 79.9. The Morgan fingerprint density at radius 1 is 1.05 bits per heavy atom. The van der Waals surface area contributed by atoms with Crippen molar-refractivity contribution in [2.45, 2.75) is 57.6 Å². The minimum absolute atomic E-state index is 0.188. The SMILES string of the molecule is COC1CCN(c2cccc3c2CCN(C(=O)c2cc(Br)ccn2)C3C(=O)Nc2ccc(C(=O)O)c(C(C)(C)C)c2)CC1. The van der Waals surface area contributed by atoms with Crippen LogP contribution in [0.3, 0.4) is 0 Å². The molecule has 2 aliphatic heterocycles. The summed E-state index contributed by atoms with van der Waals surface area (Å²) in [5, 5.41) is 12.8. The van der Waals surface area contributed by atoms with Crippen LogP contribution in [0.2, 0.25) is 0 Å². The van der Waals surface area contributed by atoms with Crippen LogP contribution in [0.25, 0.3) is 0 Å².